The van der Waals surface area contributed by atoms with Crippen molar-refractivity contribution < 1.29 is 13.2 Å². The molecule has 0 bridgehead atoms. The minimum atomic E-state index is -3.48. The minimum Gasteiger partial charge on any atom is -0.363 e. The lowest BCUT2D eigenvalue weighted by Crippen LogP contribution is -2.23. The van der Waals surface area contributed by atoms with E-state index in [1.807, 2.05) is 34.9 Å². The summed E-state index contributed by atoms with van der Waals surface area (Å²) >= 11 is 0. The molecule has 5 rings (SSSR count). The van der Waals surface area contributed by atoms with Crippen LogP contribution in [0.3, 0.4) is 0 Å². The average molecular weight is 558 g/mol. The van der Waals surface area contributed by atoms with Crippen LogP contribution in [0.4, 0.5) is 5.82 Å². The van der Waals surface area contributed by atoms with E-state index in [4.69, 9.17) is 9.97 Å². The van der Waals surface area contributed by atoms with Crippen molar-refractivity contribution in [1.82, 2.24) is 40.0 Å². The lowest BCUT2D eigenvalue weighted by Gasteiger charge is -2.11. The van der Waals surface area contributed by atoms with Gasteiger partial charge in [-0.2, -0.15) is 0 Å². The number of carbonyl (C=O) groups is 1. The van der Waals surface area contributed by atoms with Crippen molar-refractivity contribution >= 4 is 32.5 Å². The predicted octanol–water partition coefficient (Wildman–Crippen LogP) is 3.20. The summed E-state index contributed by atoms with van der Waals surface area (Å²) in [6.07, 6.45) is 7.00. The Bertz CT molecular complexity index is 1800. The Labute approximate surface area is 230 Å². The molecule has 204 valence electrons. The van der Waals surface area contributed by atoms with Crippen LogP contribution < -0.4 is 10.6 Å². The molecule has 0 spiro atoms. The number of pyridine rings is 4. The maximum Gasteiger partial charge on any atom is 0.253 e. The number of anilines is 1. The number of aromatic nitrogens is 7. The van der Waals surface area contributed by atoms with Crippen LogP contribution in [0, 0.1) is 0 Å². The van der Waals surface area contributed by atoms with E-state index < -0.39 is 15.7 Å². The topological polar surface area (TPSA) is 158 Å². The fourth-order valence-electron chi connectivity index (χ4n) is 3.99. The first-order valence-electron chi connectivity index (χ1n) is 12.5. The normalized spacial score (nSPS) is 11.6. The van der Waals surface area contributed by atoms with Crippen LogP contribution in [0.2, 0.25) is 0 Å². The molecule has 0 unspecified atom stereocenters. The molecule has 5 heterocycles. The Balaban J connectivity index is 1.30. The van der Waals surface area contributed by atoms with Gasteiger partial charge in [0.15, 0.2) is 15.7 Å². The number of fused-ring (bicyclic) bond motifs is 1. The molecule has 1 amide bonds. The third-order valence-corrected chi connectivity index (χ3v) is 7.19. The number of hydrogen-bond donors (Lipinski definition) is 2. The van der Waals surface area contributed by atoms with Crippen molar-refractivity contribution in [2.45, 2.75) is 37.9 Å². The number of rotatable bonds is 9. The van der Waals surface area contributed by atoms with Gasteiger partial charge >= 0.3 is 0 Å². The van der Waals surface area contributed by atoms with Crippen LogP contribution in [0.5, 0.6) is 0 Å². The molecular weight excluding hydrogens is 530 g/mol. The van der Waals surface area contributed by atoms with Gasteiger partial charge in [0, 0.05) is 36.3 Å². The van der Waals surface area contributed by atoms with Crippen molar-refractivity contribution in [2.24, 2.45) is 0 Å². The minimum absolute atomic E-state index is 0.0209. The van der Waals surface area contributed by atoms with Gasteiger partial charge in [0.2, 0.25) is 0 Å². The molecule has 0 radical (unpaired) electrons. The molecule has 0 aliphatic heterocycles. The van der Waals surface area contributed by atoms with Gasteiger partial charge in [-0.25, -0.2) is 18.4 Å². The van der Waals surface area contributed by atoms with Gasteiger partial charge in [0.05, 0.1) is 46.1 Å². The number of carbonyl (C=O) groups excluding carboxylic acids is 1. The van der Waals surface area contributed by atoms with Crippen molar-refractivity contribution in [3.63, 3.8) is 0 Å². The van der Waals surface area contributed by atoms with E-state index >= 15 is 0 Å². The molecule has 0 aromatic carbocycles. The van der Waals surface area contributed by atoms with Crippen LogP contribution >= 0.6 is 0 Å². The summed E-state index contributed by atoms with van der Waals surface area (Å²) in [4.78, 5) is 30.3. The van der Waals surface area contributed by atoms with Gasteiger partial charge < -0.3 is 15.2 Å². The van der Waals surface area contributed by atoms with Crippen molar-refractivity contribution in [1.29, 1.82) is 0 Å². The van der Waals surface area contributed by atoms with Gasteiger partial charge in [-0.15, -0.1) is 10.2 Å². The molecule has 12 nitrogen and oxygen atoms in total. The molecular formula is C27H27N9O3S. The third-order valence-electron chi connectivity index (χ3n) is 6.11. The first-order valence-corrected chi connectivity index (χ1v) is 14.4. The number of nitrogens with zero attached hydrogens (tertiary/aromatic N) is 7. The highest BCUT2D eigenvalue weighted by Crippen LogP contribution is 2.21. The zero-order valence-corrected chi connectivity index (χ0v) is 22.9. The number of amides is 1. The van der Waals surface area contributed by atoms with Gasteiger partial charge in [-0.3, -0.25) is 14.8 Å². The molecule has 13 heteroatoms. The van der Waals surface area contributed by atoms with Gasteiger partial charge in [0.25, 0.3) is 5.91 Å². The average Bonchev–Trinajstić information content (AvgIpc) is 3.43. The standard InChI is InChI=1S/C27H27N9O3S/c1-17(2)36-16-32-35-26(36)15-30-25-6-4-5-22(34-25)23-8-7-18-12-29-20(10-24(18)33-23)13-31-27(37)19-9-21(14-28-11-19)40(3,38)39/h4-12,14,16-17H,13,15H2,1-3H3,(H,30,34)(H,31,37). The molecule has 40 heavy (non-hydrogen) atoms. The van der Waals surface area contributed by atoms with Crippen LogP contribution in [-0.2, 0) is 22.9 Å². The summed E-state index contributed by atoms with van der Waals surface area (Å²) in [7, 11) is -3.48. The van der Waals surface area contributed by atoms with Crippen molar-refractivity contribution in [3.8, 4) is 11.4 Å². The SMILES string of the molecule is CC(C)n1cnnc1CNc1cccc(-c2ccc3cnc(CNC(=O)c4cncc(S(C)(=O)=O)c4)cc3n2)n1. The molecule has 0 aliphatic rings. The smallest absolute Gasteiger partial charge is 0.253 e. The monoisotopic (exact) mass is 557 g/mol. The van der Waals surface area contributed by atoms with Gasteiger partial charge in [-0.05, 0) is 50.2 Å². The summed E-state index contributed by atoms with van der Waals surface area (Å²) < 4.78 is 25.5. The third kappa shape index (κ3) is 6.10. The number of sulfone groups is 1. The molecule has 2 N–H and O–H groups in total. The summed E-state index contributed by atoms with van der Waals surface area (Å²) in [6, 6.07) is 12.8. The lowest BCUT2D eigenvalue weighted by atomic mass is 10.2. The molecule has 0 saturated heterocycles. The van der Waals surface area contributed by atoms with Crippen LogP contribution in [-0.4, -0.2) is 55.3 Å². The highest BCUT2D eigenvalue weighted by molar-refractivity contribution is 7.90. The second-order valence-corrected chi connectivity index (χ2v) is 11.5. The fraction of sp³-hybridized carbons (Fsp3) is 0.222. The highest BCUT2D eigenvalue weighted by Gasteiger charge is 2.13. The highest BCUT2D eigenvalue weighted by atomic mass is 32.2. The molecule has 0 saturated carbocycles. The second kappa shape index (κ2) is 11.1. The van der Waals surface area contributed by atoms with Crippen LogP contribution in [0.25, 0.3) is 22.3 Å². The Hall–Kier alpha value is -4.78. The summed E-state index contributed by atoms with van der Waals surface area (Å²) in [5, 5.41) is 15.1. The summed E-state index contributed by atoms with van der Waals surface area (Å²) in [5.41, 5.74) is 2.82. The Morgan fingerprint density at radius 3 is 2.62 bits per heavy atom. The van der Waals surface area contributed by atoms with E-state index in [-0.39, 0.29) is 23.0 Å². The summed E-state index contributed by atoms with van der Waals surface area (Å²) in [5.74, 6) is 1.05. The van der Waals surface area contributed by atoms with Crippen LogP contribution in [0.1, 0.15) is 41.8 Å². The van der Waals surface area contributed by atoms with E-state index in [2.05, 4.69) is 44.6 Å². The van der Waals surface area contributed by atoms with E-state index in [0.29, 0.717) is 35.0 Å². The van der Waals surface area contributed by atoms with Crippen molar-refractivity contribution in [3.05, 3.63) is 84.5 Å². The number of hydrogen-bond acceptors (Lipinski definition) is 10. The maximum absolute atomic E-state index is 12.6. The Kier molecular flexibility index (Phi) is 7.47. The van der Waals surface area contributed by atoms with E-state index in [1.165, 1.54) is 18.5 Å². The predicted molar refractivity (Wildman–Crippen MR) is 149 cm³/mol. The quantitative estimate of drug-likeness (QED) is 0.276. The maximum atomic E-state index is 12.6. The largest absolute Gasteiger partial charge is 0.363 e. The first kappa shape index (κ1) is 26.8. The van der Waals surface area contributed by atoms with Crippen LogP contribution in [0.15, 0.2) is 72.3 Å². The molecule has 0 aliphatic carbocycles. The molecule has 5 aromatic heterocycles. The summed E-state index contributed by atoms with van der Waals surface area (Å²) in [6.45, 7) is 4.75. The second-order valence-electron chi connectivity index (χ2n) is 9.44. The zero-order valence-electron chi connectivity index (χ0n) is 22.1. The molecule has 0 atom stereocenters. The molecule has 0 fully saturated rings. The Morgan fingerprint density at radius 1 is 1.00 bits per heavy atom. The van der Waals surface area contributed by atoms with E-state index in [0.717, 1.165) is 17.5 Å². The van der Waals surface area contributed by atoms with E-state index in [9.17, 15) is 13.2 Å². The lowest BCUT2D eigenvalue weighted by molar-refractivity contribution is 0.0950. The number of nitrogens with one attached hydrogen (secondary N) is 2. The van der Waals surface area contributed by atoms with E-state index in [1.54, 1.807) is 18.6 Å². The zero-order chi connectivity index (χ0) is 28.3. The molecule has 5 aromatic rings. The van der Waals surface area contributed by atoms with Crippen molar-refractivity contribution in [2.75, 3.05) is 11.6 Å². The van der Waals surface area contributed by atoms with Gasteiger partial charge in [0.1, 0.15) is 12.1 Å². The Morgan fingerprint density at radius 2 is 1.82 bits per heavy atom. The van der Waals surface area contributed by atoms with Gasteiger partial charge in [-0.1, -0.05) is 6.07 Å². The fourth-order valence-corrected chi connectivity index (χ4v) is 4.58. The first-order chi connectivity index (χ1) is 19.2.